The highest BCUT2D eigenvalue weighted by Crippen LogP contribution is 2.21. The predicted octanol–water partition coefficient (Wildman–Crippen LogP) is -0.120. The molecule has 0 spiro atoms. The van der Waals surface area contributed by atoms with Crippen LogP contribution < -0.4 is 5.43 Å². The zero-order valence-corrected chi connectivity index (χ0v) is 11.9. The molecule has 0 amide bonds. The lowest BCUT2D eigenvalue weighted by Crippen LogP contribution is -2.39. The first kappa shape index (κ1) is 15.5. The molecule has 1 aliphatic rings. The number of aliphatic hydroxyl groups is 1. The van der Waals surface area contributed by atoms with Crippen LogP contribution in [0.5, 0.6) is 5.75 Å². The topological polar surface area (TPSA) is 103 Å². The molecule has 1 saturated heterocycles. The number of carboxylic acids is 1. The van der Waals surface area contributed by atoms with Gasteiger partial charge < -0.3 is 19.9 Å². The SMILES string of the molecule is Cn1c(CO)cc(=O)c(O)c1CN1CCCC(C(=O)O)C1. The molecule has 7 heteroatoms. The molecule has 0 aromatic carbocycles. The van der Waals surface area contributed by atoms with E-state index in [9.17, 15) is 19.8 Å². The van der Waals surface area contributed by atoms with Crippen molar-refractivity contribution in [3.8, 4) is 5.75 Å². The Balaban J connectivity index is 2.25. The van der Waals surface area contributed by atoms with Crippen molar-refractivity contribution >= 4 is 5.97 Å². The monoisotopic (exact) mass is 296 g/mol. The second-order valence-corrected chi connectivity index (χ2v) is 5.42. The largest absolute Gasteiger partial charge is 0.503 e. The Morgan fingerprint density at radius 2 is 2.19 bits per heavy atom. The van der Waals surface area contributed by atoms with Gasteiger partial charge in [-0.1, -0.05) is 0 Å². The lowest BCUT2D eigenvalue weighted by atomic mass is 9.98. The van der Waals surface area contributed by atoms with Crippen molar-refractivity contribution in [2.75, 3.05) is 13.1 Å². The van der Waals surface area contributed by atoms with E-state index < -0.39 is 17.3 Å². The standard InChI is InChI=1S/C14H20N2O5/c1-15-10(8-17)5-12(18)13(19)11(15)7-16-4-2-3-9(6-16)14(20)21/h5,9,17,19H,2-4,6-8H2,1H3,(H,20,21). The highest BCUT2D eigenvalue weighted by molar-refractivity contribution is 5.70. The summed E-state index contributed by atoms with van der Waals surface area (Å²) < 4.78 is 1.58. The fraction of sp³-hybridized carbons (Fsp3) is 0.571. The van der Waals surface area contributed by atoms with Crippen molar-refractivity contribution in [1.82, 2.24) is 9.47 Å². The lowest BCUT2D eigenvalue weighted by Gasteiger charge is -2.31. The van der Waals surface area contributed by atoms with E-state index in [0.717, 1.165) is 13.0 Å². The molecule has 2 rings (SSSR count). The molecule has 1 atom stereocenters. The Labute approximate surface area is 122 Å². The summed E-state index contributed by atoms with van der Waals surface area (Å²) in [5.74, 6) is -1.58. The number of hydrogen-bond donors (Lipinski definition) is 3. The number of rotatable bonds is 4. The van der Waals surface area contributed by atoms with Crippen LogP contribution in [-0.2, 0) is 25.0 Å². The smallest absolute Gasteiger partial charge is 0.307 e. The number of carbonyl (C=O) groups is 1. The van der Waals surface area contributed by atoms with Gasteiger partial charge in [-0.25, -0.2) is 0 Å². The summed E-state index contributed by atoms with van der Waals surface area (Å²) in [5.41, 5.74) is 0.288. The van der Waals surface area contributed by atoms with Crippen molar-refractivity contribution in [3.63, 3.8) is 0 Å². The van der Waals surface area contributed by atoms with E-state index in [4.69, 9.17) is 5.11 Å². The van der Waals surface area contributed by atoms with Gasteiger partial charge in [0, 0.05) is 31.9 Å². The van der Waals surface area contributed by atoms with Gasteiger partial charge in [0.25, 0.3) is 0 Å². The molecule has 0 radical (unpaired) electrons. The van der Waals surface area contributed by atoms with Crippen LogP contribution in [0, 0.1) is 5.92 Å². The third-order valence-corrected chi connectivity index (χ3v) is 4.03. The Kier molecular flexibility index (Phi) is 4.64. The third-order valence-electron chi connectivity index (χ3n) is 4.03. The minimum Gasteiger partial charge on any atom is -0.503 e. The second-order valence-electron chi connectivity index (χ2n) is 5.42. The average molecular weight is 296 g/mol. The normalized spacial score (nSPS) is 19.6. The molecule has 0 saturated carbocycles. The van der Waals surface area contributed by atoms with E-state index in [-0.39, 0.29) is 18.9 Å². The lowest BCUT2D eigenvalue weighted by molar-refractivity contribution is -0.143. The fourth-order valence-electron chi connectivity index (χ4n) is 2.74. The van der Waals surface area contributed by atoms with Gasteiger partial charge in [-0.15, -0.1) is 0 Å². The van der Waals surface area contributed by atoms with Crippen LogP contribution in [-0.4, -0.2) is 43.8 Å². The molecule has 2 heterocycles. The van der Waals surface area contributed by atoms with Crippen molar-refractivity contribution < 1.29 is 20.1 Å². The molecule has 1 aliphatic heterocycles. The summed E-state index contributed by atoms with van der Waals surface area (Å²) in [6.45, 7) is 1.11. The summed E-state index contributed by atoms with van der Waals surface area (Å²) in [5, 5.41) is 28.3. The maximum absolute atomic E-state index is 11.7. The first-order valence-electron chi connectivity index (χ1n) is 6.90. The van der Waals surface area contributed by atoms with Crippen molar-refractivity contribution in [3.05, 3.63) is 27.7 Å². The summed E-state index contributed by atoms with van der Waals surface area (Å²) in [6.07, 6.45) is 1.42. The van der Waals surface area contributed by atoms with E-state index in [1.807, 2.05) is 4.90 Å². The van der Waals surface area contributed by atoms with Crippen LogP contribution in [0.3, 0.4) is 0 Å². The molecule has 3 N–H and O–H groups in total. The van der Waals surface area contributed by atoms with Crippen molar-refractivity contribution in [2.24, 2.45) is 13.0 Å². The van der Waals surface area contributed by atoms with Crippen LogP contribution in [0.15, 0.2) is 10.9 Å². The molecule has 21 heavy (non-hydrogen) atoms. The fourth-order valence-corrected chi connectivity index (χ4v) is 2.74. The molecular formula is C14H20N2O5. The maximum atomic E-state index is 11.7. The van der Waals surface area contributed by atoms with Crippen molar-refractivity contribution in [2.45, 2.75) is 26.0 Å². The average Bonchev–Trinajstić information content (AvgIpc) is 2.47. The van der Waals surface area contributed by atoms with Gasteiger partial charge in [0.2, 0.25) is 5.43 Å². The molecule has 0 aliphatic carbocycles. The van der Waals surface area contributed by atoms with E-state index in [1.165, 1.54) is 6.07 Å². The second kappa shape index (κ2) is 6.28. The summed E-state index contributed by atoms with van der Waals surface area (Å²) in [7, 11) is 1.67. The van der Waals surface area contributed by atoms with E-state index >= 15 is 0 Å². The van der Waals surface area contributed by atoms with Gasteiger partial charge >= 0.3 is 5.97 Å². The number of aromatic hydroxyl groups is 1. The van der Waals surface area contributed by atoms with Crippen molar-refractivity contribution in [1.29, 1.82) is 0 Å². The first-order valence-corrected chi connectivity index (χ1v) is 6.90. The van der Waals surface area contributed by atoms with Crippen LogP contribution in [0.2, 0.25) is 0 Å². The molecule has 7 nitrogen and oxygen atoms in total. The number of pyridine rings is 1. The van der Waals surface area contributed by atoms with Crippen LogP contribution in [0.4, 0.5) is 0 Å². The Morgan fingerprint density at radius 3 is 2.81 bits per heavy atom. The first-order chi connectivity index (χ1) is 9.93. The quantitative estimate of drug-likeness (QED) is 0.716. The molecule has 1 aromatic heterocycles. The zero-order chi connectivity index (χ0) is 15.6. The number of piperidine rings is 1. The zero-order valence-electron chi connectivity index (χ0n) is 11.9. The van der Waals surface area contributed by atoms with Gasteiger partial charge in [-0.2, -0.15) is 0 Å². The highest BCUT2D eigenvalue weighted by Gasteiger charge is 2.26. The number of aliphatic hydroxyl groups excluding tert-OH is 1. The molecule has 0 bridgehead atoms. The summed E-state index contributed by atoms with van der Waals surface area (Å²) >= 11 is 0. The Bertz CT molecular complexity index is 596. The van der Waals surface area contributed by atoms with E-state index in [0.29, 0.717) is 24.4 Å². The summed E-state index contributed by atoms with van der Waals surface area (Å²) in [4.78, 5) is 24.7. The number of aromatic nitrogens is 1. The molecule has 1 fully saturated rings. The molecular weight excluding hydrogens is 276 g/mol. The molecule has 1 unspecified atom stereocenters. The number of hydrogen-bond acceptors (Lipinski definition) is 5. The van der Waals surface area contributed by atoms with Crippen LogP contribution >= 0.6 is 0 Å². The number of nitrogens with zero attached hydrogens (tertiary/aromatic N) is 2. The number of carboxylic acid groups (broad SMARTS) is 1. The summed E-state index contributed by atoms with van der Waals surface area (Å²) in [6, 6.07) is 1.20. The third kappa shape index (κ3) is 3.25. The predicted molar refractivity (Wildman–Crippen MR) is 74.9 cm³/mol. The van der Waals surface area contributed by atoms with Gasteiger partial charge in [-0.05, 0) is 19.4 Å². The van der Waals surface area contributed by atoms with Crippen LogP contribution in [0.25, 0.3) is 0 Å². The molecule has 116 valence electrons. The van der Waals surface area contributed by atoms with Gasteiger partial charge in [-0.3, -0.25) is 14.5 Å². The van der Waals surface area contributed by atoms with Crippen LogP contribution in [0.1, 0.15) is 24.2 Å². The van der Waals surface area contributed by atoms with Gasteiger partial charge in [0.15, 0.2) is 5.75 Å². The van der Waals surface area contributed by atoms with Gasteiger partial charge in [0.05, 0.1) is 18.2 Å². The minimum absolute atomic E-state index is 0.287. The maximum Gasteiger partial charge on any atom is 0.307 e. The Morgan fingerprint density at radius 1 is 1.48 bits per heavy atom. The van der Waals surface area contributed by atoms with E-state index in [1.54, 1.807) is 11.6 Å². The minimum atomic E-state index is -0.818. The number of likely N-dealkylation sites (tertiary alicyclic amines) is 1. The molecule has 1 aromatic rings. The highest BCUT2D eigenvalue weighted by atomic mass is 16.4. The van der Waals surface area contributed by atoms with E-state index in [2.05, 4.69) is 0 Å². The number of aliphatic carboxylic acids is 1. The van der Waals surface area contributed by atoms with Gasteiger partial charge in [0.1, 0.15) is 0 Å². The Hall–Kier alpha value is -1.86.